The number of hydrogen-bond donors (Lipinski definition) is 1. The predicted molar refractivity (Wildman–Crippen MR) is 79.6 cm³/mol. The molecule has 0 radical (unpaired) electrons. The Hall–Kier alpha value is 0.610. The first-order chi connectivity index (χ1) is 7.35. The minimum atomic E-state index is -0.0228. The van der Waals surface area contributed by atoms with Gasteiger partial charge in [0.25, 0.3) is 5.91 Å². The summed E-state index contributed by atoms with van der Waals surface area (Å²) >= 11 is 11.6. The van der Waals surface area contributed by atoms with E-state index in [1.165, 1.54) is 11.3 Å². The molecule has 0 saturated heterocycles. The molecule has 0 aliphatic heterocycles. The smallest absolute Gasteiger partial charge is 0.261 e. The molecule has 1 aromatic heterocycles. The highest BCUT2D eigenvalue weighted by Gasteiger charge is 2.18. The monoisotopic (exact) mass is 431 g/mol. The van der Waals surface area contributed by atoms with Gasteiger partial charge in [-0.1, -0.05) is 29.8 Å². The molecule has 0 spiro atoms. The van der Waals surface area contributed by atoms with Gasteiger partial charge in [-0.2, -0.15) is 0 Å². The van der Waals surface area contributed by atoms with E-state index < -0.39 is 0 Å². The van der Waals surface area contributed by atoms with E-state index >= 15 is 0 Å². The lowest BCUT2D eigenvalue weighted by molar-refractivity contribution is 0.0944. The first-order valence-corrected chi connectivity index (χ1v) is 8.17. The molecule has 0 aliphatic rings. The highest BCUT2D eigenvalue weighted by atomic mass is 79.9. The Morgan fingerprint density at radius 2 is 2.12 bits per heavy atom. The van der Waals surface area contributed by atoms with Crippen LogP contribution in [0.3, 0.4) is 0 Å². The molecule has 1 N–H and O–H groups in total. The van der Waals surface area contributed by atoms with E-state index in [1.807, 2.05) is 6.07 Å². The van der Waals surface area contributed by atoms with Crippen LogP contribution in [0.5, 0.6) is 0 Å². The Labute approximate surface area is 125 Å². The van der Waals surface area contributed by atoms with Crippen molar-refractivity contribution >= 4 is 65.0 Å². The molecule has 0 saturated carbocycles. The molecule has 1 rings (SSSR count). The van der Waals surface area contributed by atoms with Crippen molar-refractivity contribution in [3.63, 3.8) is 0 Å². The first kappa shape index (κ1) is 14.7. The second kappa shape index (κ2) is 5.98. The number of nitrogens with one attached hydrogen (secondary N) is 1. The fourth-order valence-electron chi connectivity index (χ4n) is 0.912. The van der Waals surface area contributed by atoms with Crippen molar-refractivity contribution in [3.05, 3.63) is 19.2 Å². The minimum absolute atomic E-state index is 0.0228. The molecule has 90 valence electrons. The Morgan fingerprint density at radius 3 is 2.56 bits per heavy atom. The Morgan fingerprint density at radius 1 is 1.50 bits per heavy atom. The average molecular weight is 434 g/mol. The van der Waals surface area contributed by atoms with E-state index in [1.54, 1.807) is 0 Å². The molecule has 0 atom stereocenters. The van der Waals surface area contributed by atoms with Crippen molar-refractivity contribution in [1.29, 1.82) is 0 Å². The van der Waals surface area contributed by atoms with Crippen molar-refractivity contribution in [1.82, 2.24) is 5.32 Å². The van der Waals surface area contributed by atoms with E-state index in [-0.39, 0.29) is 11.3 Å². The molecule has 6 heteroatoms. The number of halogens is 3. The number of thiophene rings is 1. The molecular formula is C10H12Br3NOS. The van der Waals surface area contributed by atoms with E-state index in [0.29, 0.717) is 11.4 Å². The van der Waals surface area contributed by atoms with Gasteiger partial charge in [0.2, 0.25) is 0 Å². The summed E-state index contributed by atoms with van der Waals surface area (Å²) in [6.07, 6.45) is 0. The van der Waals surface area contributed by atoms with E-state index in [0.717, 1.165) is 13.6 Å². The number of alkyl halides is 1. The maximum Gasteiger partial charge on any atom is 0.261 e. The van der Waals surface area contributed by atoms with Gasteiger partial charge < -0.3 is 5.32 Å². The van der Waals surface area contributed by atoms with Crippen molar-refractivity contribution in [2.45, 2.75) is 13.8 Å². The van der Waals surface area contributed by atoms with Crippen LogP contribution in [-0.2, 0) is 0 Å². The molecule has 0 bridgehead atoms. The van der Waals surface area contributed by atoms with Crippen molar-refractivity contribution < 1.29 is 4.79 Å². The summed E-state index contributed by atoms with van der Waals surface area (Å²) in [7, 11) is 0. The van der Waals surface area contributed by atoms with Crippen LogP contribution in [0.25, 0.3) is 0 Å². The fourth-order valence-corrected chi connectivity index (χ4v) is 3.06. The summed E-state index contributed by atoms with van der Waals surface area (Å²) in [5.74, 6) is -0.0228. The van der Waals surface area contributed by atoms with E-state index in [4.69, 9.17) is 0 Å². The van der Waals surface area contributed by atoms with Crippen LogP contribution in [-0.4, -0.2) is 17.8 Å². The quantitative estimate of drug-likeness (QED) is 0.699. The van der Waals surface area contributed by atoms with Gasteiger partial charge >= 0.3 is 0 Å². The summed E-state index contributed by atoms with van der Waals surface area (Å²) in [5, 5.41) is 3.79. The highest BCUT2D eigenvalue weighted by Crippen LogP contribution is 2.32. The van der Waals surface area contributed by atoms with Crippen LogP contribution in [0, 0.1) is 5.41 Å². The van der Waals surface area contributed by atoms with Gasteiger partial charge in [0.05, 0.1) is 8.66 Å². The maximum atomic E-state index is 11.8. The summed E-state index contributed by atoms with van der Waals surface area (Å²) in [4.78, 5) is 12.5. The lowest BCUT2D eigenvalue weighted by Crippen LogP contribution is -2.34. The number of hydrogen-bond acceptors (Lipinski definition) is 2. The fraction of sp³-hybridized carbons (Fsp3) is 0.500. The second-order valence-electron chi connectivity index (χ2n) is 4.21. The zero-order chi connectivity index (χ0) is 12.3. The molecule has 2 nitrogen and oxygen atoms in total. The first-order valence-electron chi connectivity index (χ1n) is 4.65. The van der Waals surface area contributed by atoms with Gasteiger partial charge in [-0.3, -0.25) is 4.79 Å². The topological polar surface area (TPSA) is 29.1 Å². The van der Waals surface area contributed by atoms with Crippen LogP contribution in [0.15, 0.2) is 14.3 Å². The number of carbonyl (C=O) groups excluding carboxylic acids is 1. The second-order valence-corrected chi connectivity index (χ2v) is 8.00. The largest absolute Gasteiger partial charge is 0.351 e. The number of amides is 1. The van der Waals surface area contributed by atoms with E-state index in [2.05, 4.69) is 67.0 Å². The summed E-state index contributed by atoms with van der Waals surface area (Å²) in [6.45, 7) is 4.86. The Kier molecular flexibility index (Phi) is 5.48. The maximum absolute atomic E-state index is 11.8. The predicted octanol–water partition coefficient (Wildman–Crippen LogP) is 4.42. The molecule has 1 amide bonds. The zero-order valence-electron chi connectivity index (χ0n) is 8.94. The van der Waals surface area contributed by atoms with Crippen molar-refractivity contribution in [2.24, 2.45) is 5.41 Å². The molecule has 0 unspecified atom stereocenters. The third kappa shape index (κ3) is 4.13. The SMILES string of the molecule is CC(C)(CBr)CNC(=O)c1cc(Br)c(Br)s1. The van der Waals surface area contributed by atoms with Gasteiger partial charge in [0.1, 0.15) is 0 Å². The number of rotatable bonds is 4. The third-order valence-electron chi connectivity index (χ3n) is 1.96. The van der Waals surface area contributed by atoms with Gasteiger partial charge in [-0.25, -0.2) is 0 Å². The zero-order valence-corrected chi connectivity index (χ0v) is 14.5. The molecule has 0 aliphatic carbocycles. The molecule has 16 heavy (non-hydrogen) atoms. The molecule has 0 fully saturated rings. The number of carbonyl (C=O) groups is 1. The summed E-state index contributed by atoms with van der Waals surface area (Å²) < 4.78 is 1.86. The van der Waals surface area contributed by atoms with Gasteiger partial charge in [-0.15, -0.1) is 11.3 Å². The Bertz CT molecular complexity index is 370. The minimum Gasteiger partial charge on any atom is -0.351 e. The Balaban J connectivity index is 2.60. The lowest BCUT2D eigenvalue weighted by Gasteiger charge is -2.21. The van der Waals surface area contributed by atoms with Crippen LogP contribution in [0.2, 0.25) is 0 Å². The molecule has 1 aromatic rings. The van der Waals surface area contributed by atoms with E-state index in [9.17, 15) is 4.79 Å². The van der Waals surface area contributed by atoms with Gasteiger partial charge in [0.15, 0.2) is 0 Å². The standard InChI is InChI=1S/C10H12Br3NOS/c1-10(2,4-11)5-14-9(15)7-3-6(12)8(13)16-7/h3H,4-5H2,1-2H3,(H,14,15). The van der Waals surface area contributed by atoms with Crippen LogP contribution in [0.1, 0.15) is 23.5 Å². The van der Waals surface area contributed by atoms with Crippen LogP contribution < -0.4 is 5.32 Å². The average Bonchev–Trinajstić information content (AvgIpc) is 2.56. The van der Waals surface area contributed by atoms with Crippen molar-refractivity contribution in [2.75, 3.05) is 11.9 Å². The summed E-state index contributed by atoms with van der Waals surface area (Å²) in [5.41, 5.74) is 0.0708. The van der Waals surface area contributed by atoms with Gasteiger partial charge in [-0.05, 0) is 43.3 Å². The molecule has 0 aromatic carbocycles. The summed E-state index contributed by atoms with van der Waals surface area (Å²) in [6, 6.07) is 1.82. The molecule has 1 heterocycles. The molecular weight excluding hydrogens is 422 g/mol. The van der Waals surface area contributed by atoms with Gasteiger partial charge in [0, 0.05) is 16.3 Å². The van der Waals surface area contributed by atoms with Crippen LogP contribution in [0.4, 0.5) is 0 Å². The lowest BCUT2D eigenvalue weighted by atomic mass is 9.97. The highest BCUT2D eigenvalue weighted by molar-refractivity contribution is 9.13. The normalized spacial score (nSPS) is 11.6. The van der Waals surface area contributed by atoms with Crippen LogP contribution >= 0.6 is 59.1 Å². The third-order valence-corrected chi connectivity index (χ3v) is 6.73. The van der Waals surface area contributed by atoms with Crippen molar-refractivity contribution in [3.8, 4) is 0 Å².